The zero-order valence-corrected chi connectivity index (χ0v) is 13.0. The first-order valence-corrected chi connectivity index (χ1v) is 8.50. The van der Waals surface area contributed by atoms with Gasteiger partial charge in [0.25, 0.3) is 0 Å². The van der Waals surface area contributed by atoms with Crippen LogP contribution in [-0.2, 0) is 16.0 Å². The molecule has 4 rings (SSSR count). The van der Waals surface area contributed by atoms with Crippen LogP contribution in [0.4, 0.5) is 5.69 Å². The molecule has 1 unspecified atom stereocenters. The smallest absolute Gasteiger partial charge is 0.245 e. The molecule has 3 aliphatic heterocycles. The Labute approximate surface area is 131 Å². The molecule has 1 aromatic rings. The van der Waals surface area contributed by atoms with Crippen LogP contribution < -0.4 is 5.32 Å². The second kappa shape index (κ2) is 5.67. The van der Waals surface area contributed by atoms with E-state index in [1.54, 1.807) is 0 Å². The van der Waals surface area contributed by atoms with Gasteiger partial charge in [-0.15, -0.1) is 0 Å². The first kappa shape index (κ1) is 14.2. The molecule has 3 aliphatic rings. The second-order valence-corrected chi connectivity index (χ2v) is 6.92. The lowest BCUT2D eigenvalue weighted by Gasteiger charge is -2.42. The number of para-hydroxylation sites is 1. The number of benzene rings is 1. The molecule has 1 atom stereocenters. The van der Waals surface area contributed by atoms with Gasteiger partial charge in [-0.05, 0) is 49.8 Å². The molecule has 4 heteroatoms. The molecule has 0 aliphatic carbocycles. The van der Waals surface area contributed by atoms with E-state index in [1.165, 1.54) is 5.56 Å². The first-order valence-electron chi connectivity index (χ1n) is 8.50. The average Bonchev–Trinajstić information content (AvgIpc) is 2.93. The van der Waals surface area contributed by atoms with Gasteiger partial charge in [0.1, 0.15) is 5.54 Å². The molecular formula is C18H24N2O2. The fraction of sp³-hybridized carbons (Fsp3) is 0.611. The average molecular weight is 300 g/mol. The summed E-state index contributed by atoms with van der Waals surface area (Å²) < 4.78 is 5.47. The van der Waals surface area contributed by atoms with Crippen molar-refractivity contribution in [3.63, 3.8) is 0 Å². The van der Waals surface area contributed by atoms with E-state index in [-0.39, 0.29) is 11.4 Å². The van der Waals surface area contributed by atoms with E-state index in [0.29, 0.717) is 5.92 Å². The SMILES string of the molecule is O=C1Nc2ccccc2CC12CCCN2CC1CCOCC1. The lowest BCUT2D eigenvalue weighted by molar-refractivity contribution is -0.127. The third kappa shape index (κ3) is 2.34. The zero-order valence-electron chi connectivity index (χ0n) is 13.0. The molecule has 2 fully saturated rings. The molecule has 2 saturated heterocycles. The van der Waals surface area contributed by atoms with Gasteiger partial charge < -0.3 is 10.1 Å². The standard InChI is InChI=1S/C18H24N2O2/c21-17-18(12-15-4-1-2-5-16(15)19-17)8-3-9-20(18)13-14-6-10-22-11-7-14/h1-2,4-5,14H,3,6-13H2,(H,19,21). The van der Waals surface area contributed by atoms with E-state index in [9.17, 15) is 4.79 Å². The van der Waals surface area contributed by atoms with Crippen molar-refractivity contribution in [2.45, 2.75) is 37.6 Å². The molecule has 1 spiro atoms. The van der Waals surface area contributed by atoms with Crippen molar-refractivity contribution >= 4 is 11.6 Å². The van der Waals surface area contributed by atoms with E-state index >= 15 is 0 Å². The van der Waals surface area contributed by atoms with Crippen molar-refractivity contribution in [1.29, 1.82) is 0 Å². The highest BCUT2D eigenvalue weighted by atomic mass is 16.5. The number of rotatable bonds is 2. The maximum Gasteiger partial charge on any atom is 0.245 e. The third-order valence-electron chi connectivity index (χ3n) is 5.61. The summed E-state index contributed by atoms with van der Waals surface area (Å²) in [7, 11) is 0. The summed E-state index contributed by atoms with van der Waals surface area (Å²) in [4.78, 5) is 15.3. The van der Waals surface area contributed by atoms with Crippen LogP contribution in [0.3, 0.4) is 0 Å². The molecule has 118 valence electrons. The highest BCUT2D eigenvalue weighted by molar-refractivity contribution is 6.01. The lowest BCUT2D eigenvalue weighted by atomic mass is 9.82. The summed E-state index contributed by atoms with van der Waals surface area (Å²) in [5.41, 5.74) is 1.96. The predicted octanol–water partition coefficient (Wildman–Crippen LogP) is 2.44. The van der Waals surface area contributed by atoms with Gasteiger partial charge in [-0.25, -0.2) is 0 Å². The molecule has 0 saturated carbocycles. The number of nitrogens with one attached hydrogen (secondary N) is 1. The molecule has 1 aromatic carbocycles. The monoisotopic (exact) mass is 300 g/mol. The lowest BCUT2D eigenvalue weighted by Crippen LogP contribution is -2.58. The highest BCUT2D eigenvalue weighted by Crippen LogP contribution is 2.39. The Morgan fingerprint density at radius 3 is 2.95 bits per heavy atom. The van der Waals surface area contributed by atoms with Gasteiger partial charge in [0.2, 0.25) is 5.91 Å². The minimum Gasteiger partial charge on any atom is -0.381 e. The van der Waals surface area contributed by atoms with Gasteiger partial charge in [-0.1, -0.05) is 18.2 Å². The molecule has 3 heterocycles. The Morgan fingerprint density at radius 1 is 1.27 bits per heavy atom. The minimum absolute atomic E-state index is 0.204. The number of anilines is 1. The molecule has 4 nitrogen and oxygen atoms in total. The van der Waals surface area contributed by atoms with Crippen molar-refractivity contribution in [3.05, 3.63) is 29.8 Å². The molecule has 0 aromatic heterocycles. The maximum atomic E-state index is 12.9. The first-order chi connectivity index (χ1) is 10.8. The van der Waals surface area contributed by atoms with Gasteiger partial charge in [0.05, 0.1) is 0 Å². The van der Waals surface area contributed by atoms with Crippen molar-refractivity contribution in [3.8, 4) is 0 Å². The van der Waals surface area contributed by atoms with E-state index in [1.807, 2.05) is 12.1 Å². The number of hydrogen-bond acceptors (Lipinski definition) is 3. The van der Waals surface area contributed by atoms with E-state index in [4.69, 9.17) is 4.74 Å². The predicted molar refractivity (Wildman–Crippen MR) is 85.9 cm³/mol. The summed E-state index contributed by atoms with van der Waals surface area (Å²) >= 11 is 0. The fourth-order valence-corrected chi connectivity index (χ4v) is 4.33. The minimum atomic E-state index is -0.313. The Bertz CT molecular complexity index is 568. The number of likely N-dealkylation sites (tertiary alicyclic amines) is 1. The van der Waals surface area contributed by atoms with Crippen molar-refractivity contribution in [2.75, 3.05) is 31.6 Å². The molecule has 1 N–H and O–H groups in total. The summed E-state index contributed by atoms with van der Waals surface area (Å²) in [6.07, 6.45) is 5.23. The van der Waals surface area contributed by atoms with Crippen LogP contribution in [0.25, 0.3) is 0 Å². The summed E-state index contributed by atoms with van der Waals surface area (Å²) in [5.74, 6) is 0.879. The van der Waals surface area contributed by atoms with Crippen LogP contribution in [0.2, 0.25) is 0 Å². The normalized spacial score (nSPS) is 29.5. The van der Waals surface area contributed by atoms with Crippen LogP contribution in [-0.4, -0.2) is 42.6 Å². The number of amides is 1. The summed E-state index contributed by atoms with van der Waals surface area (Å²) in [6, 6.07) is 8.23. The highest BCUT2D eigenvalue weighted by Gasteiger charge is 2.50. The van der Waals surface area contributed by atoms with Gasteiger partial charge in [0, 0.05) is 31.9 Å². The molecule has 0 bridgehead atoms. The zero-order chi connectivity index (χ0) is 15.0. The van der Waals surface area contributed by atoms with Crippen molar-refractivity contribution in [1.82, 2.24) is 4.90 Å². The Balaban J connectivity index is 1.57. The van der Waals surface area contributed by atoms with Gasteiger partial charge in [0.15, 0.2) is 0 Å². The topological polar surface area (TPSA) is 41.6 Å². The van der Waals surface area contributed by atoms with E-state index in [2.05, 4.69) is 22.3 Å². The van der Waals surface area contributed by atoms with Crippen LogP contribution >= 0.6 is 0 Å². The van der Waals surface area contributed by atoms with Gasteiger partial charge >= 0.3 is 0 Å². The fourth-order valence-electron chi connectivity index (χ4n) is 4.33. The van der Waals surface area contributed by atoms with Gasteiger partial charge in [-0.3, -0.25) is 9.69 Å². The Hall–Kier alpha value is -1.39. The molecule has 0 radical (unpaired) electrons. The second-order valence-electron chi connectivity index (χ2n) is 6.92. The third-order valence-corrected chi connectivity index (χ3v) is 5.61. The number of carbonyl (C=O) groups is 1. The van der Waals surface area contributed by atoms with Crippen LogP contribution in [0.5, 0.6) is 0 Å². The molecule has 22 heavy (non-hydrogen) atoms. The number of nitrogens with zero attached hydrogens (tertiary/aromatic N) is 1. The van der Waals surface area contributed by atoms with Crippen LogP contribution in [0.15, 0.2) is 24.3 Å². The van der Waals surface area contributed by atoms with Crippen molar-refractivity contribution in [2.24, 2.45) is 5.92 Å². The van der Waals surface area contributed by atoms with Gasteiger partial charge in [-0.2, -0.15) is 0 Å². The number of fused-ring (bicyclic) bond motifs is 1. The van der Waals surface area contributed by atoms with E-state index in [0.717, 1.165) is 64.1 Å². The molecule has 1 amide bonds. The summed E-state index contributed by atoms with van der Waals surface area (Å²) in [5, 5.41) is 3.15. The largest absolute Gasteiger partial charge is 0.381 e. The van der Waals surface area contributed by atoms with E-state index < -0.39 is 0 Å². The number of carbonyl (C=O) groups excluding carboxylic acids is 1. The van der Waals surface area contributed by atoms with Crippen molar-refractivity contribution < 1.29 is 9.53 Å². The Kier molecular flexibility index (Phi) is 3.66. The molecular weight excluding hydrogens is 276 g/mol. The summed E-state index contributed by atoms with van der Waals surface area (Å²) in [6.45, 7) is 3.84. The Morgan fingerprint density at radius 2 is 2.09 bits per heavy atom. The maximum absolute atomic E-state index is 12.9. The van der Waals surface area contributed by atoms with Crippen LogP contribution in [0.1, 0.15) is 31.2 Å². The number of ether oxygens (including phenoxy) is 1. The van der Waals surface area contributed by atoms with Crippen LogP contribution in [0, 0.1) is 5.92 Å². The quantitative estimate of drug-likeness (QED) is 0.912. The number of hydrogen-bond donors (Lipinski definition) is 1.